The van der Waals surface area contributed by atoms with Crippen LogP contribution in [0, 0.1) is 0 Å². The maximum absolute atomic E-state index is 13.0. The number of amides is 1. The molecule has 0 aliphatic rings. The highest BCUT2D eigenvalue weighted by Crippen LogP contribution is 2.31. The van der Waals surface area contributed by atoms with Crippen molar-refractivity contribution in [1.29, 1.82) is 0 Å². The number of carbonyl (C=O) groups excluding carboxylic acids is 1. The number of alkyl halides is 3. The lowest BCUT2D eigenvalue weighted by Gasteiger charge is -2.12. The highest BCUT2D eigenvalue weighted by molar-refractivity contribution is 6.30. The number of hydrogen-bond acceptors (Lipinski definition) is 4. The van der Waals surface area contributed by atoms with Crippen molar-refractivity contribution in [2.24, 2.45) is 0 Å². The molecule has 3 aromatic rings. The fraction of sp³-hybridized carbons (Fsp3) is 0.125. The molecule has 0 spiro atoms. The van der Waals surface area contributed by atoms with Crippen molar-refractivity contribution in [1.82, 2.24) is 25.5 Å². The van der Waals surface area contributed by atoms with Crippen molar-refractivity contribution in [2.75, 3.05) is 0 Å². The SMILES string of the molecule is O=C(NCc1nnnn1-c1ccc(Cl)cc1)c1ccccc1C(F)(F)F. The van der Waals surface area contributed by atoms with E-state index in [1.54, 1.807) is 24.3 Å². The van der Waals surface area contributed by atoms with Gasteiger partial charge in [0, 0.05) is 5.02 Å². The molecule has 6 nitrogen and oxygen atoms in total. The van der Waals surface area contributed by atoms with E-state index < -0.39 is 23.2 Å². The number of tetrazole rings is 1. The van der Waals surface area contributed by atoms with Gasteiger partial charge in [-0.05, 0) is 46.8 Å². The predicted octanol–water partition coefficient (Wildman–Crippen LogP) is 3.26. The van der Waals surface area contributed by atoms with Gasteiger partial charge in [0.25, 0.3) is 5.91 Å². The number of benzene rings is 2. The summed E-state index contributed by atoms with van der Waals surface area (Å²) in [6.07, 6.45) is -4.63. The van der Waals surface area contributed by atoms with E-state index in [0.29, 0.717) is 10.7 Å². The van der Waals surface area contributed by atoms with Gasteiger partial charge >= 0.3 is 6.18 Å². The summed E-state index contributed by atoms with van der Waals surface area (Å²) in [6, 6.07) is 11.2. The first-order valence-electron chi connectivity index (χ1n) is 7.34. The summed E-state index contributed by atoms with van der Waals surface area (Å²) in [5.41, 5.74) is -0.875. The summed E-state index contributed by atoms with van der Waals surface area (Å²) in [7, 11) is 0. The van der Waals surface area contributed by atoms with Crippen LogP contribution in [0.3, 0.4) is 0 Å². The Kier molecular flexibility index (Phi) is 4.90. The van der Waals surface area contributed by atoms with Gasteiger partial charge in [0.2, 0.25) is 0 Å². The lowest BCUT2D eigenvalue weighted by Crippen LogP contribution is -2.27. The molecule has 0 atom stereocenters. The minimum Gasteiger partial charge on any atom is -0.345 e. The molecular formula is C16H11ClF3N5O. The molecule has 134 valence electrons. The third-order valence-electron chi connectivity index (χ3n) is 3.49. The molecule has 0 aliphatic carbocycles. The van der Waals surface area contributed by atoms with E-state index in [1.807, 2.05) is 0 Å². The summed E-state index contributed by atoms with van der Waals surface area (Å²) in [5, 5.41) is 14.1. The molecule has 1 amide bonds. The molecule has 0 bridgehead atoms. The Labute approximate surface area is 150 Å². The van der Waals surface area contributed by atoms with Gasteiger partial charge < -0.3 is 5.32 Å². The van der Waals surface area contributed by atoms with Crippen LogP contribution in [0.25, 0.3) is 5.69 Å². The average Bonchev–Trinajstić information content (AvgIpc) is 3.08. The number of nitrogens with zero attached hydrogens (tertiary/aromatic N) is 4. The summed E-state index contributed by atoms with van der Waals surface area (Å²) >= 11 is 5.83. The van der Waals surface area contributed by atoms with E-state index in [2.05, 4.69) is 20.8 Å². The van der Waals surface area contributed by atoms with E-state index in [1.165, 1.54) is 16.8 Å². The standard InChI is InChI=1S/C16H11ClF3N5O/c17-10-5-7-11(8-6-10)25-14(22-23-24-25)9-21-15(26)12-3-1-2-4-13(12)16(18,19)20/h1-8H,9H2,(H,21,26). The van der Waals surface area contributed by atoms with Gasteiger partial charge in [0.15, 0.2) is 5.82 Å². The minimum atomic E-state index is -4.63. The average molecular weight is 382 g/mol. The first-order valence-corrected chi connectivity index (χ1v) is 7.71. The first-order chi connectivity index (χ1) is 12.4. The van der Waals surface area contributed by atoms with Crippen molar-refractivity contribution < 1.29 is 18.0 Å². The summed E-state index contributed by atoms with van der Waals surface area (Å²) in [5.74, 6) is -0.617. The number of nitrogens with one attached hydrogen (secondary N) is 1. The fourth-order valence-electron chi connectivity index (χ4n) is 2.28. The highest BCUT2D eigenvalue weighted by atomic mass is 35.5. The Hall–Kier alpha value is -2.94. The molecule has 0 fully saturated rings. The van der Waals surface area contributed by atoms with Gasteiger partial charge in [-0.25, -0.2) is 0 Å². The van der Waals surface area contributed by atoms with Crippen molar-refractivity contribution in [3.63, 3.8) is 0 Å². The monoisotopic (exact) mass is 381 g/mol. The Morgan fingerprint density at radius 1 is 1.12 bits per heavy atom. The van der Waals surface area contributed by atoms with Crippen LogP contribution in [0.1, 0.15) is 21.7 Å². The molecule has 0 aliphatic heterocycles. The van der Waals surface area contributed by atoms with E-state index in [0.717, 1.165) is 12.1 Å². The molecular weight excluding hydrogens is 371 g/mol. The normalized spacial score (nSPS) is 11.4. The van der Waals surface area contributed by atoms with E-state index in [9.17, 15) is 18.0 Å². The number of halogens is 4. The molecule has 0 saturated heterocycles. The van der Waals surface area contributed by atoms with Crippen molar-refractivity contribution in [2.45, 2.75) is 12.7 Å². The van der Waals surface area contributed by atoms with Crippen LogP contribution in [0.15, 0.2) is 48.5 Å². The van der Waals surface area contributed by atoms with E-state index >= 15 is 0 Å². The maximum Gasteiger partial charge on any atom is 0.417 e. The zero-order chi connectivity index (χ0) is 18.7. The molecule has 1 heterocycles. The summed E-state index contributed by atoms with van der Waals surface area (Å²) < 4.78 is 40.4. The lowest BCUT2D eigenvalue weighted by molar-refractivity contribution is -0.137. The summed E-state index contributed by atoms with van der Waals surface area (Å²) in [6.45, 7) is -0.152. The van der Waals surface area contributed by atoms with Gasteiger partial charge in [-0.2, -0.15) is 17.9 Å². The van der Waals surface area contributed by atoms with Crippen LogP contribution < -0.4 is 5.32 Å². The van der Waals surface area contributed by atoms with Crippen LogP contribution in [0.2, 0.25) is 5.02 Å². The zero-order valence-corrected chi connectivity index (χ0v) is 13.8. The zero-order valence-electron chi connectivity index (χ0n) is 13.0. The van der Waals surface area contributed by atoms with E-state index in [-0.39, 0.29) is 12.4 Å². The highest BCUT2D eigenvalue weighted by Gasteiger charge is 2.34. The largest absolute Gasteiger partial charge is 0.417 e. The van der Waals surface area contributed by atoms with Crippen LogP contribution in [0.5, 0.6) is 0 Å². The Morgan fingerprint density at radius 3 is 2.50 bits per heavy atom. The molecule has 0 saturated carbocycles. The van der Waals surface area contributed by atoms with Gasteiger partial charge in [0.05, 0.1) is 23.4 Å². The summed E-state index contributed by atoms with van der Waals surface area (Å²) in [4.78, 5) is 12.2. The second-order valence-electron chi connectivity index (χ2n) is 5.21. The van der Waals surface area contributed by atoms with Gasteiger partial charge in [-0.3, -0.25) is 4.79 Å². The van der Waals surface area contributed by atoms with Crippen molar-refractivity contribution in [3.05, 3.63) is 70.5 Å². The molecule has 26 heavy (non-hydrogen) atoms. The molecule has 1 N–H and O–H groups in total. The lowest BCUT2D eigenvalue weighted by atomic mass is 10.1. The Balaban J connectivity index is 1.78. The van der Waals surface area contributed by atoms with Crippen molar-refractivity contribution in [3.8, 4) is 5.69 Å². The van der Waals surface area contributed by atoms with Gasteiger partial charge in [0.1, 0.15) is 0 Å². The number of aromatic nitrogens is 4. The van der Waals surface area contributed by atoms with E-state index in [4.69, 9.17) is 11.6 Å². The first kappa shape index (κ1) is 17.9. The van der Waals surface area contributed by atoms with Crippen LogP contribution in [-0.4, -0.2) is 26.1 Å². The molecule has 3 rings (SSSR count). The second-order valence-corrected chi connectivity index (χ2v) is 5.65. The molecule has 10 heteroatoms. The third-order valence-corrected chi connectivity index (χ3v) is 3.74. The Morgan fingerprint density at radius 2 is 1.81 bits per heavy atom. The van der Waals surface area contributed by atoms with Gasteiger partial charge in [-0.1, -0.05) is 23.7 Å². The minimum absolute atomic E-state index is 0.152. The number of hydrogen-bond donors (Lipinski definition) is 1. The van der Waals surface area contributed by atoms with Crippen LogP contribution in [-0.2, 0) is 12.7 Å². The molecule has 0 unspecified atom stereocenters. The van der Waals surface area contributed by atoms with Crippen LogP contribution in [0.4, 0.5) is 13.2 Å². The quantitative estimate of drug-likeness (QED) is 0.753. The topological polar surface area (TPSA) is 72.7 Å². The molecule has 1 aromatic heterocycles. The molecule has 0 radical (unpaired) electrons. The third kappa shape index (κ3) is 3.83. The smallest absolute Gasteiger partial charge is 0.345 e. The van der Waals surface area contributed by atoms with Crippen molar-refractivity contribution >= 4 is 17.5 Å². The second kappa shape index (κ2) is 7.12. The van der Waals surface area contributed by atoms with Crippen LogP contribution >= 0.6 is 11.6 Å². The molecule has 2 aromatic carbocycles. The Bertz CT molecular complexity index is 924. The number of rotatable bonds is 4. The fourth-order valence-corrected chi connectivity index (χ4v) is 2.41. The van der Waals surface area contributed by atoms with Gasteiger partial charge in [-0.15, -0.1) is 5.10 Å². The predicted molar refractivity (Wildman–Crippen MR) is 86.8 cm³/mol. The maximum atomic E-state index is 13.0. The number of carbonyl (C=O) groups is 1.